The van der Waals surface area contributed by atoms with Crippen molar-refractivity contribution in [1.82, 2.24) is 4.57 Å². The molecule has 0 saturated carbocycles. The van der Waals surface area contributed by atoms with Gasteiger partial charge in [-0.3, -0.25) is 4.79 Å². The Morgan fingerprint density at radius 1 is 1.13 bits per heavy atom. The molecule has 0 saturated heterocycles. The number of aryl methyl sites for hydroxylation is 2. The predicted octanol–water partition coefficient (Wildman–Crippen LogP) is 4.24. The molecule has 2 aromatic heterocycles. The number of ether oxygens (including phenoxy) is 3. The van der Waals surface area contributed by atoms with Crippen LogP contribution in [-0.4, -0.2) is 43.3 Å². The van der Waals surface area contributed by atoms with E-state index in [1.165, 1.54) is 0 Å². The second-order valence-electron chi connectivity index (χ2n) is 7.08. The highest BCUT2D eigenvalue weighted by Crippen LogP contribution is 2.29. The molecular weight excluding hydrogens is 386 g/mol. The highest BCUT2D eigenvalue weighted by atomic mass is 16.5. The lowest BCUT2D eigenvalue weighted by Crippen LogP contribution is -2.15. The fourth-order valence-electron chi connectivity index (χ4n) is 3.54. The Morgan fingerprint density at radius 3 is 2.60 bits per heavy atom. The van der Waals surface area contributed by atoms with Gasteiger partial charge in [0.2, 0.25) is 11.5 Å². The third kappa shape index (κ3) is 4.26. The van der Waals surface area contributed by atoms with Gasteiger partial charge in [0.05, 0.1) is 13.2 Å². The Kier molecular flexibility index (Phi) is 6.62. The molecule has 0 N–H and O–H groups in total. The van der Waals surface area contributed by atoms with E-state index in [4.69, 9.17) is 18.6 Å². The first-order valence-corrected chi connectivity index (χ1v) is 9.89. The van der Waals surface area contributed by atoms with E-state index in [1.54, 1.807) is 26.2 Å². The van der Waals surface area contributed by atoms with Crippen molar-refractivity contribution in [2.45, 2.75) is 34.2 Å². The summed E-state index contributed by atoms with van der Waals surface area (Å²) in [5, 5.41) is 0.779. The van der Waals surface area contributed by atoms with Crippen LogP contribution in [0.3, 0.4) is 0 Å². The smallest absolute Gasteiger partial charge is 0.375 e. The summed E-state index contributed by atoms with van der Waals surface area (Å²) in [6, 6.07) is 7.17. The summed E-state index contributed by atoms with van der Waals surface area (Å²) in [7, 11) is 1.64. The topological polar surface area (TPSA) is 79.9 Å². The lowest BCUT2D eigenvalue weighted by atomic mass is 10.1. The van der Waals surface area contributed by atoms with E-state index >= 15 is 0 Å². The van der Waals surface area contributed by atoms with Gasteiger partial charge in [0, 0.05) is 41.6 Å². The number of benzene rings is 1. The number of carbonyl (C=O) groups excluding carboxylic acids is 2. The average molecular weight is 413 g/mol. The summed E-state index contributed by atoms with van der Waals surface area (Å²) >= 11 is 0. The Morgan fingerprint density at radius 2 is 1.90 bits per heavy atom. The van der Waals surface area contributed by atoms with Gasteiger partial charge >= 0.3 is 5.97 Å². The number of hydrogen-bond acceptors (Lipinski definition) is 6. The van der Waals surface area contributed by atoms with E-state index in [1.807, 2.05) is 37.5 Å². The van der Waals surface area contributed by atoms with Gasteiger partial charge in [-0.1, -0.05) is 0 Å². The zero-order valence-corrected chi connectivity index (χ0v) is 18.0. The van der Waals surface area contributed by atoms with Crippen LogP contribution in [0, 0.1) is 20.8 Å². The maximum Gasteiger partial charge on any atom is 0.375 e. The second kappa shape index (κ2) is 9.17. The molecule has 7 heteroatoms. The van der Waals surface area contributed by atoms with Crippen LogP contribution in [0.15, 0.2) is 28.7 Å². The summed E-state index contributed by atoms with van der Waals surface area (Å²) in [6.07, 6.45) is 0. The van der Waals surface area contributed by atoms with Crippen molar-refractivity contribution >= 4 is 22.7 Å². The standard InChI is InChI=1S/C23H27NO6/c1-6-28-17-7-8-21-18(12-17)15(3)22(30-21)23(26)29-13-20(25)19-11-14(2)24(16(19)4)9-10-27-5/h7-8,11-12H,6,9-10,13H2,1-5H3. The maximum atomic E-state index is 12.6. The summed E-state index contributed by atoms with van der Waals surface area (Å²) in [5.41, 5.74) is 3.54. The lowest BCUT2D eigenvalue weighted by Gasteiger charge is -2.09. The zero-order valence-electron chi connectivity index (χ0n) is 18.0. The number of furan rings is 1. The van der Waals surface area contributed by atoms with Crippen molar-refractivity contribution in [3.63, 3.8) is 0 Å². The Labute approximate surface area is 175 Å². The number of esters is 1. The van der Waals surface area contributed by atoms with Crippen LogP contribution < -0.4 is 4.74 Å². The monoisotopic (exact) mass is 413 g/mol. The minimum atomic E-state index is -0.664. The molecule has 0 aliphatic heterocycles. The Balaban J connectivity index is 1.73. The number of rotatable bonds is 9. The van der Waals surface area contributed by atoms with Gasteiger partial charge in [-0.25, -0.2) is 4.79 Å². The molecule has 0 atom stereocenters. The summed E-state index contributed by atoms with van der Waals surface area (Å²) in [5.74, 6) is -0.124. The van der Waals surface area contributed by atoms with E-state index in [9.17, 15) is 9.59 Å². The van der Waals surface area contributed by atoms with Crippen molar-refractivity contribution < 1.29 is 28.2 Å². The molecule has 0 unspecified atom stereocenters. The van der Waals surface area contributed by atoms with E-state index in [-0.39, 0.29) is 18.2 Å². The van der Waals surface area contributed by atoms with Crippen LogP contribution in [0.1, 0.15) is 44.8 Å². The molecule has 0 aliphatic carbocycles. The highest BCUT2D eigenvalue weighted by Gasteiger charge is 2.22. The third-order valence-electron chi connectivity index (χ3n) is 5.13. The molecule has 0 radical (unpaired) electrons. The first-order chi connectivity index (χ1) is 14.4. The normalized spacial score (nSPS) is 11.1. The first kappa shape index (κ1) is 21.6. The fraction of sp³-hybridized carbons (Fsp3) is 0.391. The summed E-state index contributed by atoms with van der Waals surface area (Å²) < 4.78 is 23.6. The van der Waals surface area contributed by atoms with Gasteiger partial charge in [-0.05, 0) is 52.0 Å². The van der Waals surface area contributed by atoms with Crippen LogP contribution in [-0.2, 0) is 16.0 Å². The summed E-state index contributed by atoms with van der Waals surface area (Å²) in [6.45, 7) is 8.89. The Bertz CT molecular complexity index is 1080. The molecule has 0 bridgehead atoms. The largest absolute Gasteiger partial charge is 0.494 e. The molecular formula is C23H27NO6. The molecule has 1 aromatic carbocycles. The van der Waals surface area contributed by atoms with Crippen molar-refractivity contribution in [2.24, 2.45) is 0 Å². The number of methoxy groups -OCH3 is 1. The van der Waals surface area contributed by atoms with Gasteiger partial charge < -0.3 is 23.2 Å². The summed E-state index contributed by atoms with van der Waals surface area (Å²) in [4.78, 5) is 25.2. The van der Waals surface area contributed by atoms with Gasteiger partial charge in [0.15, 0.2) is 6.61 Å². The Hall–Kier alpha value is -3.06. The lowest BCUT2D eigenvalue weighted by molar-refractivity contribution is 0.0445. The number of Topliss-reactive ketones (excluding diaryl/α,β-unsaturated/α-hetero) is 1. The number of fused-ring (bicyclic) bond motifs is 1. The fourth-order valence-corrected chi connectivity index (χ4v) is 3.54. The molecule has 7 nitrogen and oxygen atoms in total. The van der Waals surface area contributed by atoms with Crippen molar-refractivity contribution in [3.05, 3.63) is 52.5 Å². The molecule has 160 valence electrons. The van der Waals surface area contributed by atoms with E-state index in [2.05, 4.69) is 0 Å². The molecule has 30 heavy (non-hydrogen) atoms. The van der Waals surface area contributed by atoms with Crippen LogP contribution in [0.4, 0.5) is 0 Å². The van der Waals surface area contributed by atoms with Crippen LogP contribution in [0.2, 0.25) is 0 Å². The van der Waals surface area contributed by atoms with Gasteiger partial charge in [0.1, 0.15) is 11.3 Å². The van der Waals surface area contributed by atoms with Crippen LogP contribution in [0.5, 0.6) is 5.75 Å². The average Bonchev–Trinajstić information content (AvgIpc) is 3.21. The highest BCUT2D eigenvalue weighted by molar-refractivity contribution is 6.01. The quantitative estimate of drug-likeness (QED) is 0.386. The van der Waals surface area contributed by atoms with E-state index < -0.39 is 5.97 Å². The van der Waals surface area contributed by atoms with Crippen molar-refractivity contribution in [2.75, 3.05) is 26.9 Å². The van der Waals surface area contributed by atoms with Gasteiger partial charge in [-0.15, -0.1) is 0 Å². The second-order valence-corrected chi connectivity index (χ2v) is 7.08. The molecule has 3 rings (SSSR count). The molecule has 0 fully saturated rings. The van der Waals surface area contributed by atoms with Crippen molar-refractivity contribution in [3.8, 4) is 5.75 Å². The zero-order chi connectivity index (χ0) is 21.8. The number of ketones is 1. The molecule has 0 amide bonds. The maximum absolute atomic E-state index is 12.6. The number of hydrogen-bond donors (Lipinski definition) is 0. The SMILES string of the molecule is CCOc1ccc2oc(C(=O)OCC(=O)c3cc(C)n(CCOC)c3C)c(C)c2c1. The predicted molar refractivity (Wildman–Crippen MR) is 113 cm³/mol. The number of nitrogens with zero attached hydrogens (tertiary/aromatic N) is 1. The minimum Gasteiger partial charge on any atom is -0.494 e. The van der Waals surface area contributed by atoms with Crippen LogP contribution >= 0.6 is 0 Å². The van der Waals surface area contributed by atoms with Crippen LogP contribution in [0.25, 0.3) is 11.0 Å². The van der Waals surface area contributed by atoms with Crippen molar-refractivity contribution in [1.29, 1.82) is 0 Å². The van der Waals surface area contributed by atoms with Gasteiger partial charge in [0.25, 0.3) is 0 Å². The molecule has 0 aliphatic rings. The third-order valence-corrected chi connectivity index (χ3v) is 5.13. The van der Waals surface area contributed by atoms with Gasteiger partial charge in [-0.2, -0.15) is 0 Å². The number of aromatic nitrogens is 1. The molecule has 2 heterocycles. The first-order valence-electron chi connectivity index (χ1n) is 9.89. The number of carbonyl (C=O) groups is 2. The van der Waals surface area contributed by atoms with E-state index in [0.29, 0.717) is 42.2 Å². The molecule has 0 spiro atoms. The minimum absolute atomic E-state index is 0.0945. The van der Waals surface area contributed by atoms with E-state index in [0.717, 1.165) is 16.8 Å². The molecule has 3 aromatic rings.